The molecule has 2 saturated heterocycles. The highest BCUT2D eigenvalue weighted by atomic mass is 16.8. The fourth-order valence-corrected chi connectivity index (χ4v) is 6.19. The lowest BCUT2D eigenvalue weighted by atomic mass is 9.85. The molecule has 0 amide bonds. The van der Waals surface area contributed by atoms with Gasteiger partial charge in [0.05, 0.1) is 0 Å². The van der Waals surface area contributed by atoms with Gasteiger partial charge in [0.25, 0.3) is 5.60 Å². The highest BCUT2D eigenvalue weighted by Gasteiger charge is 2.80. The van der Waals surface area contributed by atoms with Gasteiger partial charge in [0.2, 0.25) is 11.6 Å². The van der Waals surface area contributed by atoms with Crippen LogP contribution in [0.25, 0.3) is 0 Å². The van der Waals surface area contributed by atoms with Crippen LogP contribution in [0, 0.1) is 17.8 Å². The van der Waals surface area contributed by atoms with E-state index in [0.29, 0.717) is 17.9 Å². The third-order valence-electron chi connectivity index (χ3n) is 8.90. The third-order valence-corrected chi connectivity index (χ3v) is 8.90. The number of hydrogen-bond donors (Lipinski definition) is 3. The van der Waals surface area contributed by atoms with E-state index in [0.717, 1.165) is 25.5 Å². The van der Waals surface area contributed by atoms with Crippen LogP contribution >= 0.6 is 0 Å². The molecule has 3 unspecified atom stereocenters. The molecule has 3 rings (SSSR count). The molecule has 0 spiro atoms. The zero-order chi connectivity index (χ0) is 33.6. The van der Waals surface area contributed by atoms with Gasteiger partial charge in [0, 0.05) is 32.4 Å². The van der Waals surface area contributed by atoms with Crippen molar-refractivity contribution in [3.8, 4) is 0 Å². The van der Waals surface area contributed by atoms with E-state index in [4.69, 9.17) is 23.7 Å². The quantitative estimate of drug-likeness (QED) is 0.105. The van der Waals surface area contributed by atoms with Crippen molar-refractivity contribution in [3.05, 3.63) is 60.2 Å². The predicted octanol–water partition coefficient (Wildman–Crippen LogP) is 3.95. The molecule has 11 nitrogen and oxygen atoms in total. The van der Waals surface area contributed by atoms with Crippen molar-refractivity contribution in [2.75, 3.05) is 13.7 Å². The summed E-state index contributed by atoms with van der Waals surface area (Å²) in [5, 5.41) is 33.2. The minimum absolute atomic E-state index is 0.0379. The zero-order valence-corrected chi connectivity index (χ0v) is 27.1. The number of ether oxygens (including phenoxy) is 5. The summed E-state index contributed by atoms with van der Waals surface area (Å²) in [7, 11) is 1.06. The van der Waals surface area contributed by atoms with Crippen LogP contribution in [0.3, 0.4) is 0 Å². The number of carbonyl (C=O) groups is 3. The van der Waals surface area contributed by atoms with E-state index < -0.39 is 60.0 Å². The summed E-state index contributed by atoms with van der Waals surface area (Å²) >= 11 is 0. The van der Waals surface area contributed by atoms with Gasteiger partial charge in [-0.2, -0.15) is 0 Å². The Kier molecular flexibility index (Phi) is 12.1. The minimum Gasteiger partial charge on any atom is -0.479 e. The maximum Gasteiger partial charge on any atom is 0.346 e. The minimum atomic E-state index is -2.72. The number of aliphatic hydroxyl groups excluding tert-OH is 1. The molecular weight excluding hydrogens is 584 g/mol. The molecule has 2 aliphatic rings. The molecule has 0 aromatic heterocycles. The second-order valence-electron chi connectivity index (χ2n) is 12.5. The van der Waals surface area contributed by atoms with Crippen LogP contribution in [-0.4, -0.2) is 82.4 Å². The number of rotatable bonds is 16. The number of allylic oxidation sites excluding steroid dienone is 1. The van der Waals surface area contributed by atoms with E-state index in [1.54, 1.807) is 6.08 Å². The molecule has 250 valence electrons. The number of esters is 2. The van der Waals surface area contributed by atoms with Gasteiger partial charge in [-0.3, -0.25) is 4.79 Å². The van der Waals surface area contributed by atoms with Crippen molar-refractivity contribution >= 4 is 17.9 Å². The number of hydrogen-bond acceptors (Lipinski definition) is 10. The summed E-state index contributed by atoms with van der Waals surface area (Å²) in [5.41, 5.74) is -1.20. The second kappa shape index (κ2) is 15.0. The lowest BCUT2D eigenvalue weighted by Gasteiger charge is -2.47. The van der Waals surface area contributed by atoms with Gasteiger partial charge in [0.15, 0.2) is 6.10 Å². The van der Waals surface area contributed by atoms with E-state index in [1.807, 2.05) is 44.2 Å². The summed E-state index contributed by atoms with van der Waals surface area (Å²) in [6.07, 6.45) is 0.687. The van der Waals surface area contributed by atoms with Gasteiger partial charge in [-0.1, -0.05) is 77.1 Å². The summed E-state index contributed by atoms with van der Waals surface area (Å²) in [6, 6.07) is 9.67. The Morgan fingerprint density at radius 1 is 1.18 bits per heavy atom. The van der Waals surface area contributed by atoms with Gasteiger partial charge in [-0.25, -0.2) is 9.59 Å². The second-order valence-corrected chi connectivity index (χ2v) is 12.5. The van der Waals surface area contributed by atoms with Gasteiger partial charge in [-0.05, 0) is 42.2 Å². The van der Waals surface area contributed by atoms with Gasteiger partial charge < -0.3 is 39.0 Å². The molecule has 45 heavy (non-hydrogen) atoms. The predicted molar refractivity (Wildman–Crippen MR) is 164 cm³/mol. The van der Waals surface area contributed by atoms with Crippen LogP contribution in [-0.2, 0) is 44.5 Å². The lowest BCUT2D eigenvalue weighted by molar-refractivity contribution is -0.411. The largest absolute Gasteiger partial charge is 0.479 e. The topological polar surface area (TPSA) is 158 Å². The first-order chi connectivity index (χ1) is 21.1. The Morgan fingerprint density at radius 2 is 1.84 bits per heavy atom. The van der Waals surface area contributed by atoms with Crippen LogP contribution in [0.15, 0.2) is 54.6 Å². The van der Waals surface area contributed by atoms with E-state index in [1.165, 1.54) is 13.0 Å². The Labute approximate surface area is 265 Å². The molecule has 1 aromatic rings. The van der Waals surface area contributed by atoms with Crippen molar-refractivity contribution in [2.24, 2.45) is 17.8 Å². The number of fused-ring (bicyclic) bond motifs is 2. The SMILES string of the molecule is C=C(CCC12OCC(O)(OC)C(C(=O)O)(O1)[C@H](OC(=O)/C=C/[C@@H](C)C[C@@H](C)CC)[C@H]2O)[C@@H](OC(C)=O)[C@H](C)Cc1ccccc1. The molecule has 2 heterocycles. The standard InChI is InChI=1S/C34H48O11/c1-8-21(2)18-22(3)14-15-27(36)44-30-29(37)32(42-20-33(40,41-7)34(30,45-32)31(38)39)17-16-23(4)28(43-25(6)35)24(5)19-26-12-10-9-11-13-26/h9-15,21-22,24,28-30,37,40H,4,8,16-20H2,1-3,5-7H3,(H,38,39)/b15-14+/t21-,22+,24+,28+,29+,30+,32?,33?,34?/m0/s1. The summed E-state index contributed by atoms with van der Waals surface area (Å²) in [6.45, 7) is 12.8. The number of carbonyl (C=O) groups excluding carboxylic acids is 2. The van der Waals surface area contributed by atoms with E-state index in [9.17, 15) is 29.7 Å². The summed E-state index contributed by atoms with van der Waals surface area (Å²) in [4.78, 5) is 37.8. The molecule has 0 radical (unpaired) electrons. The Hall–Kier alpha value is -3.09. The van der Waals surface area contributed by atoms with Crippen molar-refractivity contribution in [1.82, 2.24) is 0 Å². The van der Waals surface area contributed by atoms with Crippen LogP contribution in [0.4, 0.5) is 0 Å². The van der Waals surface area contributed by atoms with Crippen molar-refractivity contribution in [3.63, 3.8) is 0 Å². The molecule has 2 aliphatic heterocycles. The Morgan fingerprint density at radius 3 is 2.42 bits per heavy atom. The van der Waals surface area contributed by atoms with Gasteiger partial charge in [0.1, 0.15) is 18.8 Å². The fourth-order valence-electron chi connectivity index (χ4n) is 6.19. The first kappa shape index (κ1) is 36.4. The molecule has 2 fully saturated rings. The number of aliphatic hydroxyl groups is 2. The Bertz CT molecular complexity index is 1230. The van der Waals surface area contributed by atoms with Gasteiger partial charge >= 0.3 is 17.9 Å². The Balaban J connectivity index is 1.86. The molecular formula is C34H48O11. The van der Waals surface area contributed by atoms with E-state index in [-0.39, 0.29) is 24.7 Å². The first-order valence-electron chi connectivity index (χ1n) is 15.4. The van der Waals surface area contributed by atoms with Crippen molar-refractivity contribution in [2.45, 2.75) is 102 Å². The van der Waals surface area contributed by atoms with Crippen molar-refractivity contribution in [1.29, 1.82) is 0 Å². The van der Waals surface area contributed by atoms with Gasteiger partial charge in [-0.15, -0.1) is 0 Å². The summed E-state index contributed by atoms with van der Waals surface area (Å²) in [5.74, 6) is -7.47. The number of benzene rings is 1. The van der Waals surface area contributed by atoms with E-state index >= 15 is 0 Å². The first-order valence-corrected chi connectivity index (χ1v) is 15.4. The molecule has 1 aromatic carbocycles. The number of methoxy groups -OCH3 is 1. The highest BCUT2D eigenvalue weighted by molar-refractivity contribution is 5.85. The fraction of sp³-hybridized carbons (Fsp3) is 0.618. The molecule has 3 N–H and O–H groups in total. The molecule has 0 saturated carbocycles. The maximum absolute atomic E-state index is 13.0. The number of carboxylic acid groups (broad SMARTS) is 1. The maximum atomic E-state index is 13.0. The van der Waals surface area contributed by atoms with Crippen LogP contribution < -0.4 is 0 Å². The zero-order valence-electron chi connectivity index (χ0n) is 27.1. The molecule has 2 bridgehead atoms. The van der Waals surface area contributed by atoms with Crippen LogP contribution in [0.5, 0.6) is 0 Å². The summed E-state index contributed by atoms with van der Waals surface area (Å²) < 4.78 is 28.1. The van der Waals surface area contributed by atoms with Crippen LogP contribution in [0.2, 0.25) is 0 Å². The van der Waals surface area contributed by atoms with Crippen LogP contribution in [0.1, 0.15) is 65.9 Å². The average Bonchev–Trinajstić information content (AvgIpc) is 3.22. The monoisotopic (exact) mass is 632 g/mol. The number of carboxylic acids is 1. The molecule has 0 aliphatic carbocycles. The van der Waals surface area contributed by atoms with Crippen molar-refractivity contribution < 1.29 is 53.4 Å². The molecule has 9 atom stereocenters. The normalized spacial score (nSPS) is 30.3. The smallest absolute Gasteiger partial charge is 0.346 e. The highest BCUT2D eigenvalue weighted by Crippen LogP contribution is 2.53. The molecule has 11 heteroatoms. The number of aliphatic carboxylic acids is 1. The third kappa shape index (κ3) is 7.84. The lowest BCUT2D eigenvalue weighted by Crippen LogP contribution is -2.71. The van der Waals surface area contributed by atoms with E-state index in [2.05, 4.69) is 20.4 Å². The average molecular weight is 633 g/mol.